The number of rotatable bonds is 2. The number of amides is 2. The summed E-state index contributed by atoms with van der Waals surface area (Å²) in [7, 11) is 1.81. The summed E-state index contributed by atoms with van der Waals surface area (Å²) in [6.07, 6.45) is 3.27. The molecule has 0 aromatic heterocycles. The smallest absolute Gasteiger partial charge is 0.320 e. The molecule has 6 heteroatoms. The Bertz CT molecular complexity index is 427. The number of aliphatic carboxylic acids is 1. The molecule has 0 radical (unpaired) electrons. The Labute approximate surface area is 118 Å². The van der Waals surface area contributed by atoms with Crippen LogP contribution in [0.5, 0.6) is 0 Å². The number of hydrogen-bond donors (Lipinski definition) is 1. The molecule has 0 aromatic carbocycles. The molecule has 5 atom stereocenters. The molecule has 1 N–H and O–H groups in total. The van der Waals surface area contributed by atoms with Crippen LogP contribution in [0.2, 0.25) is 0 Å². The van der Waals surface area contributed by atoms with Crippen molar-refractivity contribution in [2.45, 2.75) is 56.8 Å². The van der Waals surface area contributed by atoms with Gasteiger partial charge < -0.3 is 19.6 Å². The molecule has 3 aliphatic heterocycles. The first-order chi connectivity index (χ1) is 9.50. The van der Waals surface area contributed by atoms with Gasteiger partial charge in [-0.3, -0.25) is 4.79 Å². The maximum atomic E-state index is 12.7. The van der Waals surface area contributed by atoms with Crippen molar-refractivity contribution in [3.63, 3.8) is 0 Å². The lowest BCUT2D eigenvalue weighted by Gasteiger charge is -2.33. The lowest BCUT2D eigenvalue weighted by molar-refractivity contribution is -0.142. The van der Waals surface area contributed by atoms with Crippen molar-refractivity contribution < 1.29 is 19.4 Å². The van der Waals surface area contributed by atoms with E-state index in [1.807, 2.05) is 18.9 Å². The van der Waals surface area contributed by atoms with Crippen molar-refractivity contribution in [3.05, 3.63) is 0 Å². The predicted octanol–water partition coefficient (Wildman–Crippen LogP) is 1.15. The highest BCUT2D eigenvalue weighted by molar-refractivity contribution is 5.79. The molecule has 3 heterocycles. The third kappa shape index (κ3) is 1.97. The van der Waals surface area contributed by atoms with Crippen LogP contribution < -0.4 is 0 Å². The second-order valence-electron chi connectivity index (χ2n) is 6.21. The molecule has 0 aliphatic carbocycles. The summed E-state index contributed by atoms with van der Waals surface area (Å²) in [5, 5.41) is 9.26. The maximum absolute atomic E-state index is 12.7. The maximum Gasteiger partial charge on any atom is 0.320 e. The minimum absolute atomic E-state index is 0.0244. The standard InChI is InChI=1S/C14H22N2O4/c1-8-11(5-6-20-8)15(2)14(19)16-9-3-4-12(16)10(7-9)13(17)18/h8-12H,3-7H2,1-2H3,(H,17,18). The van der Waals surface area contributed by atoms with Crippen LogP contribution in [-0.2, 0) is 9.53 Å². The van der Waals surface area contributed by atoms with Crippen molar-refractivity contribution in [3.8, 4) is 0 Å². The number of carbonyl (C=O) groups excluding carboxylic acids is 1. The van der Waals surface area contributed by atoms with E-state index in [9.17, 15) is 14.7 Å². The highest BCUT2D eigenvalue weighted by Crippen LogP contribution is 2.42. The van der Waals surface area contributed by atoms with Crippen LogP contribution in [0.15, 0.2) is 0 Å². The average Bonchev–Trinajstić information content (AvgIpc) is 3.10. The van der Waals surface area contributed by atoms with Crippen molar-refractivity contribution in [1.29, 1.82) is 0 Å². The number of urea groups is 1. The monoisotopic (exact) mass is 282 g/mol. The van der Waals surface area contributed by atoms with E-state index in [2.05, 4.69) is 0 Å². The molecule has 5 unspecified atom stereocenters. The van der Waals surface area contributed by atoms with Gasteiger partial charge in [-0.1, -0.05) is 0 Å². The van der Waals surface area contributed by atoms with Gasteiger partial charge >= 0.3 is 12.0 Å². The summed E-state index contributed by atoms with van der Waals surface area (Å²) in [4.78, 5) is 27.6. The normalized spacial score (nSPS) is 39.3. The van der Waals surface area contributed by atoms with Crippen LogP contribution in [0.4, 0.5) is 4.79 Å². The second-order valence-corrected chi connectivity index (χ2v) is 6.21. The Balaban J connectivity index is 1.73. The van der Waals surface area contributed by atoms with Crippen molar-refractivity contribution in [2.24, 2.45) is 5.92 Å². The highest BCUT2D eigenvalue weighted by Gasteiger charge is 2.52. The Morgan fingerprint density at radius 3 is 2.60 bits per heavy atom. The van der Waals surface area contributed by atoms with Gasteiger partial charge in [0.2, 0.25) is 0 Å². The SMILES string of the molecule is CC1OCCC1N(C)C(=O)N1C2CCC1C(C(=O)O)C2. The molecule has 3 aliphatic rings. The van der Waals surface area contributed by atoms with Crippen molar-refractivity contribution in [2.75, 3.05) is 13.7 Å². The van der Waals surface area contributed by atoms with E-state index in [-0.39, 0.29) is 36.2 Å². The molecule has 112 valence electrons. The molecule has 3 fully saturated rings. The van der Waals surface area contributed by atoms with Crippen LogP contribution in [0.25, 0.3) is 0 Å². The third-order valence-electron chi connectivity index (χ3n) is 5.21. The Morgan fingerprint density at radius 1 is 1.30 bits per heavy atom. The largest absolute Gasteiger partial charge is 0.481 e. The lowest BCUT2D eigenvalue weighted by atomic mass is 9.89. The zero-order valence-electron chi connectivity index (χ0n) is 12.0. The number of carboxylic acid groups (broad SMARTS) is 1. The summed E-state index contributed by atoms with van der Waals surface area (Å²) in [5.41, 5.74) is 0. The fourth-order valence-electron chi connectivity index (χ4n) is 4.11. The first-order valence-corrected chi connectivity index (χ1v) is 7.40. The summed E-state index contributed by atoms with van der Waals surface area (Å²) < 4.78 is 5.52. The lowest BCUT2D eigenvalue weighted by Crippen LogP contribution is -2.50. The van der Waals surface area contributed by atoms with Crippen LogP contribution in [0.1, 0.15) is 32.6 Å². The topological polar surface area (TPSA) is 70.1 Å². The van der Waals surface area contributed by atoms with Gasteiger partial charge in [-0.25, -0.2) is 4.79 Å². The van der Waals surface area contributed by atoms with Gasteiger partial charge in [0, 0.05) is 25.7 Å². The van der Waals surface area contributed by atoms with Gasteiger partial charge in [0.1, 0.15) is 0 Å². The molecular formula is C14H22N2O4. The van der Waals surface area contributed by atoms with Gasteiger partial charge in [-0.2, -0.15) is 0 Å². The van der Waals surface area contributed by atoms with Gasteiger partial charge in [-0.15, -0.1) is 0 Å². The van der Waals surface area contributed by atoms with E-state index in [1.54, 1.807) is 4.90 Å². The number of hydrogen-bond acceptors (Lipinski definition) is 3. The fourth-order valence-corrected chi connectivity index (χ4v) is 4.11. The molecular weight excluding hydrogens is 260 g/mol. The Morgan fingerprint density at radius 2 is 2.05 bits per heavy atom. The van der Waals surface area contributed by atoms with E-state index >= 15 is 0 Å². The number of nitrogens with zero attached hydrogens (tertiary/aromatic N) is 2. The predicted molar refractivity (Wildman–Crippen MR) is 71.4 cm³/mol. The van der Waals surface area contributed by atoms with Gasteiger partial charge in [-0.05, 0) is 32.6 Å². The van der Waals surface area contributed by atoms with Gasteiger partial charge in [0.15, 0.2) is 0 Å². The number of fused-ring (bicyclic) bond motifs is 2. The van der Waals surface area contributed by atoms with E-state index in [4.69, 9.17) is 4.74 Å². The van der Waals surface area contributed by atoms with Crippen molar-refractivity contribution in [1.82, 2.24) is 9.80 Å². The molecule has 6 nitrogen and oxygen atoms in total. The molecule has 2 amide bonds. The summed E-state index contributed by atoms with van der Waals surface area (Å²) in [5.74, 6) is -1.15. The third-order valence-corrected chi connectivity index (χ3v) is 5.21. The number of ether oxygens (including phenoxy) is 1. The molecule has 0 spiro atoms. The Kier molecular flexibility index (Phi) is 3.36. The summed E-state index contributed by atoms with van der Waals surface area (Å²) in [6, 6.07) is 0.0631. The minimum atomic E-state index is -0.768. The second kappa shape index (κ2) is 4.91. The van der Waals surface area contributed by atoms with Crippen molar-refractivity contribution >= 4 is 12.0 Å². The van der Waals surface area contributed by atoms with Crippen LogP contribution in [0, 0.1) is 5.92 Å². The van der Waals surface area contributed by atoms with E-state index < -0.39 is 5.97 Å². The number of carbonyl (C=O) groups is 2. The molecule has 0 saturated carbocycles. The van der Waals surface area contributed by atoms with E-state index in [0.29, 0.717) is 13.0 Å². The van der Waals surface area contributed by atoms with Crippen LogP contribution >= 0.6 is 0 Å². The van der Waals surface area contributed by atoms with E-state index in [0.717, 1.165) is 19.3 Å². The van der Waals surface area contributed by atoms with Gasteiger partial charge in [0.25, 0.3) is 0 Å². The highest BCUT2D eigenvalue weighted by atomic mass is 16.5. The average molecular weight is 282 g/mol. The summed E-state index contributed by atoms with van der Waals surface area (Å²) in [6.45, 7) is 2.67. The van der Waals surface area contributed by atoms with Crippen LogP contribution in [0.3, 0.4) is 0 Å². The molecule has 2 bridgehead atoms. The summed E-state index contributed by atoms with van der Waals surface area (Å²) >= 11 is 0. The fraction of sp³-hybridized carbons (Fsp3) is 0.857. The molecule has 3 saturated heterocycles. The zero-order valence-corrected chi connectivity index (χ0v) is 12.0. The van der Waals surface area contributed by atoms with Gasteiger partial charge in [0.05, 0.1) is 18.1 Å². The van der Waals surface area contributed by atoms with Crippen LogP contribution in [-0.4, -0.2) is 64.8 Å². The number of likely N-dealkylation sites (N-methyl/N-ethyl adjacent to an activating group) is 1. The first-order valence-electron chi connectivity index (χ1n) is 7.40. The molecule has 3 rings (SSSR count). The molecule has 0 aromatic rings. The van der Waals surface area contributed by atoms with E-state index in [1.165, 1.54) is 0 Å². The number of carboxylic acids is 1. The first kappa shape index (κ1) is 13.7. The zero-order chi connectivity index (χ0) is 14.4. The quantitative estimate of drug-likeness (QED) is 0.825. The minimum Gasteiger partial charge on any atom is -0.481 e. The Hall–Kier alpha value is -1.30. The molecule has 20 heavy (non-hydrogen) atoms.